The van der Waals surface area contributed by atoms with Gasteiger partial charge in [-0.2, -0.15) is 4.98 Å². The second kappa shape index (κ2) is 8.97. The number of rotatable bonds is 7. The van der Waals surface area contributed by atoms with Crippen molar-refractivity contribution in [1.29, 1.82) is 0 Å². The number of aliphatic hydroxyl groups is 1. The average Bonchev–Trinajstić information content (AvgIpc) is 3.43. The van der Waals surface area contributed by atoms with Gasteiger partial charge in [-0.3, -0.25) is 4.79 Å². The van der Waals surface area contributed by atoms with Crippen LogP contribution in [0.2, 0.25) is 0 Å². The van der Waals surface area contributed by atoms with E-state index in [1.54, 1.807) is 18.3 Å². The standard InChI is InChI=1S/C24H28FN5O3/c1-33-21-7-2-14(8-20(21)25)10-26-22-19(23(32)28-17-3-5-18(31)6-4-17)11-27-24(29-22)30-12-15-9-16(15)13-30/h2,7-8,11-12,16-18,31H,3-6,9-10,13H2,1H3,(H,28,32)(H,26,27,29). The molecule has 0 bridgehead atoms. The molecule has 2 heterocycles. The minimum atomic E-state index is -0.444. The molecule has 1 amide bonds. The Balaban J connectivity index is 1.35. The first-order valence-electron chi connectivity index (χ1n) is 11.4. The lowest BCUT2D eigenvalue weighted by atomic mass is 9.93. The molecule has 2 saturated carbocycles. The summed E-state index contributed by atoms with van der Waals surface area (Å²) in [4.78, 5) is 24.2. The van der Waals surface area contributed by atoms with Crippen LogP contribution in [0, 0.1) is 11.7 Å². The Hall–Kier alpha value is -3.20. The molecule has 2 aromatic rings. The molecular weight excluding hydrogens is 425 g/mol. The van der Waals surface area contributed by atoms with Crippen molar-refractivity contribution in [2.45, 2.75) is 50.8 Å². The minimum Gasteiger partial charge on any atom is -0.494 e. The van der Waals surface area contributed by atoms with Crippen molar-refractivity contribution in [2.24, 2.45) is 5.92 Å². The molecular formula is C24H28FN5O3. The van der Waals surface area contributed by atoms with Crippen LogP contribution in [0.1, 0.15) is 48.0 Å². The summed E-state index contributed by atoms with van der Waals surface area (Å²) in [6, 6.07) is 4.76. The maximum absolute atomic E-state index is 14.1. The third-order valence-electron chi connectivity index (χ3n) is 6.57. The van der Waals surface area contributed by atoms with Crippen molar-refractivity contribution >= 4 is 17.7 Å². The number of aromatic nitrogens is 2. The van der Waals surface area contributed by atoms with E-state index < -0.39 is 5.82 Å². The molecule has 1 aromatic heterocycles. The van der Waals surface area contributed by atoms with E-state index in [1.165, 1.54) is 18.7 Å². The molecule has 2 aliphatic carbocycles. The van der Waals surface area contributed by atoms with Gasteiger partial charge in [-0.25, -0.2) is 9.37 Å². The topological polar surface area (TPSA) is 99.6 Å². The molecule has 8 nitrogen and oxygen atoms in total. The number of carbonyl (C=O) groups is 1. The number of hydrogen-bond donors (Lipinski definition) is 3. The minimum absolute atomic E-state index is 0.0135. The van der Waals surface area contributed by atoms with E-state index in [0.29, 0.717) is 41.7 Å². The zero-order valence-corrected chi connectivity index (χ0v) is 18.6. The van der Waals surface area contributed by atoms with E-state index >= 15 is 0 Å². The van der Waals surface area contributed by atoms with Gasteiger partial charge in [0.2, 0.25) is 5.95 Å². The van der Waals surface area contributed by atoms with Gasteiger partial charge >= 0.3 is 0 Å². The van der Waals surface area contributed by atoms with Crippen LogP contribution in [0.25, 0.3) is 0 Å². The van der Waals surface area contributed by atoms with E-state index in [0.717, 1.165) is 25.8 Å². The molecule has 0 saturated heterocycles. The molecule has 9 heteroatoms. The van der Waals surface area contributed by atoms with Gasteiger partial charge in [-0.15, -0.1) is 0 Å². The molecule has 1 aromatic carbocycles. The highest BCUT2D eigenvalue weighted by Gasteiger charge is 2.38. The number of halogens is 1. The summed E-state index contributed by atoms with van der Waals surface area (Å²) < 4.78 is 19.1. The summed E-state index contributed by atoms with van der Waals surface area (Å²) in [5.41, 5.74) is 2.45. The molecule has 1 aliphatic heterocycles. The third kappa shape index (κ3) is 4.78. The Labute approximate surface area is 191 Å². The molecule has 3 aliphatic rings. The van der Waals surface area contributed by atoms with E-state index in [4.69, 9.17) is 4.74 Å². The first-order chi connectivity index (χ1) is 16.0. The molecule has 33 heavy (non-hydrogen) atoms. The van der Waals surface area contributed by atoms with Gasteiger partial charge in [-0.05, 0) is 55.4 Å². The van der Waals surface area contributed by atoms with Crippen LogP contribution < -0.4 is 20.3 Å². The number of aliphatic hydroxyl groups excluding tert-OH is 1. The van der Waals surface area contributed by atoms with Crippen LogP contribution in [0.15, 0.2) is 36.2 Å². The van der Waals surface area contributed by atoms with Crippen LogP contribution in [0.4, 0.5) is 16.2 Å². The number of nitrogens with zero attached hydrogens (tertiary/aromatic N) is 3. The van der Waals surface area contributed by atoms with Crippen LogP contribution in [-0.2, 0) is 6.54 Å². The normalized spacial score (nSPS) is 23.5. The smallest absolute Gasteiger partial charge is 0.256 e. The van der Waals surface area contributed by atoms with Crippen LogP contribution >= 0.6 is 0 Å². The predicted molar refractivity (Wildman–Crippen MR) is 122 cm³/mol. The van der Waals surface area contributed by atoms with Crippen molar-refractivity contribution in [1.82, 2.24) is 15.3 Å². The Bertz CT molecular complexity index is 1080. The molecule has 3 N–H and O–H groups in total. The van der Waals surface area contributed by atoms with Gasteiger partial charge in [-0.1, -0.05) is 6.07 Å². The lowest BCUT2D eigenvalue weighted by Gasteiger charge is -2.26. The maximum atomic E-state index is 14.1. The first kappa shape index (κ1) is 21.6. The van der Waals surface area contributed by atoms with Crippen LogP contribution in [-0.4, -0.2) is 46.8 Å². The van der Waals surface area contributed by atoms with Crippen molar-refractivity contribution in [3.63, 3.8) is 0 Å². The van der Waals surface area contributed by atoms with Crippen LogP contribution in [0.3, 0.4) is 0 Å². The van der Waals surface area contributed by atoms with Crippen molar-refractivity contribution < 1.29 is 19.0 Å². The van der Waals surface area contributed by atoms with Crippen molar-refractivity contribution in [3.05, 3.63) is 53.1 Å². The number of nitrogens with one attached hydrogen (secondary N) is 2. The monoisotopic (exact) mass is 453 g/mol. The number of methoxy groups -OCH3 is 1. The summed E-state index contributed by atoms with van der Waals surface area (Å²) >= 11 is 0. The summed E-state index contributed by atoms with van der Waals surface area (Å²) in [5.74, 6) is 1.02. The highest BCUT2D eigenvalue weighted by Crippen LogP contribution is 2.44. The number of benzene rings is 1. The quantitative estimate of drug-likeness (QED) is 0.593. The summed E-state index contributed by atoms with van der Waals surface area (Å²) in [6.07, 6.45) is 7.32. The highest BCUT2D eigenvalue weighted by atomic mass is 19.1. The average molecular weight is 454 g/mol. The molecule has 1 atom stereocenters. The maximum Gasteiger partial charge on any atom is 0.256 e. The lowest BCUT2D eigenvalue weighted by molar-refractivity contribution is 0.0867. The van der Waals surface area contributed by atoms with Gasteiger partial charge in [0.25, 0.3) is 5.91 Å². The van der Waals surface area contributed by atoms with E-state index in [9.17, 15) is 14.3 Å². The van der Waals surface area contributed by atoms with E-state index in [1.807, 2.05) is 4.90 Å². The first-order valence-corrected chi connectivity index (χ1v) is 11.4. The molecule has 0 radical (unpaired) electrons. The SMILES string of the molecule is COc1ccc(CNc2nc(N3C=C4CC4C3)ncc2C(=O)NC2CCC(O)CC2)cc1F. The Morgan fingerprint density at radius 1 is 1.30 bits per heavy atom. The fourth-order valence-electron chi connectivity index (χ4n) is 4.50. The molecule has 174 valence electrons. The highest BCUT2D eigenvalue weighted by molar-refractivity contribution is 5.98. The number of ether oxygens (including phenoxy) is 1. The summed E-state index contributed by atoms with van der Waals surface area (Å²) in [6.45, 7) is 1.14. The van der Waals surface area contributed by atoms with Gasteiger partial charge in [0.15, 0.2) is 11.6 Å². The third-order valence-corrected chi connectivity index (χ3v) is 6.57. The largest absolute Gasteiger partial charge is 0.494 e. The second-order valence-corrected chi connectivity index (χ2v) is 8.99. The zero-order valence-electron chi connectivity index (χ0n) is 18.6. The van der Waals surface area contributed by atoms with Gasteiger partial charge in [0.1, 0.15) is 11.4 Å². The van der Waals surface area contributed by atoms with Gasteiger partial charge in [0, 0.05) is 37.4 Å². The molecule has 0 spiro atoms. The number of amides is 1. The predicted octanol–water partition coefficient (Wildman–Crippen LogP) is 2.99. The van der Waals surface area contributed by atoms with E-state index in [2.05, 4.69) is 26.8 Å². The van der Waals surface area contributed by atoms with Gasteiger partial charge < -0.3 is 25.4 Å². The number of fused-ring (bicyclic) bond motifs is 1. The lowest BCUT2D eigenvalue weighted by Crippen LogP contribution is -2.39. The fourth-order valence-corrected chi connectivity index (χ4v) is 4.50. The Morgan fingerprint density at radius 2 is 2.12 bits per heavy atom. The zero-order chi connectivity index (χ0) is 22.9. The van der Waals surface area contributed by atoms with Crippen LogP contribution in [0.5, 0.6) is 5.75 Å². The second-order valence-electron chi connectivity index (χ2n) is 8.99. The molecule has 5 rings (SSSR count). The fraction of sp³-hybridized carbons (Fsp3) is 0.458. The number of anilines is 2. The molecule has 2 fully saturated rings. The molecule has 1 unspecified atom stereocenters. The number of hydrogen-bond acceptors (Lipinski definition) is 7. The summed E-state index contributed by atoms with van der Waals surface area (Å²) in [5, 5.41) is 16.0. The summed E-state index contributed by atoms with van der Waals surface area (Å²) in [7, 11) is 1.42. The van der Waals surface area contributed by atoms with Crippen molar-refractivity contribution in [3.8, 4) is 5.75 Å². The number of carbonyl (C=O) groups excluding carboxylic acids is 1. The Kier molecular flexibility index (Phi) is 5.88. The Morgan fingerprint density at radius 3 is 2.82 bits per heavy atom. The van der Waals surface area contributed by atoms with Crippen molar-refractivity contribution in [2.75, 3.05) is 23.9 Å². The van der Waals surface area contributed by atoms with E-state index in [-0.39, 0.29) is 30.3 Å². The van der Waals surface area contributed by atoms with Gasteiger partial charge in [0.05, 0.1) is 13.2 Å².